The predicted octanol–water partition coefficient (Wildman–Crippen LogP) is 0.876. The van der Waals surface area contributed by atoms with E-state index >= 15 is 0 Å². The first-order chi connectivity index (χ1) is 12.4. The molecule has 0 aliphatic carbocycles. The maximum atomic E-state index is 12.5. The predicted molar refractivity (Wildman–Crippen MR) is 87.8 cm³/mol. The molecule has 8 nitrogen and oxygen atoms in total. The SMILES string of the molecule is COC(=O)c1ccc(C(=O)OC)c(NC(=O)c2ccccc2C(=O)[O-])c1. The molecule has 1 amide bonds. The van der Waals surface area contributed by atoms with E-state index < -0.39 is 23.8 Å². The standard InChI is InChI=1S/C18H15NO7/c1-25-17(23)10-7-8-13(18(24)26-2)14(9-10)19-15(20)11-5-3-4-6-12(11)16(21)22/h3-9H,1-2H3,(H,19,20)(H,21,22)/p-1. The lowest BCUT2D eigenvalue weighted by atomic mass is 10.1. The molecule has 0 unspecified atom stereocenters. The zero-order valence-electron chi connectivity index (χ0n) is 13.9. The van der Waals surface area contributed by atoms with Crippen LogP contribution in [0.2, 0.25) is 0 Å². The molecule has 0 radical (unpaired) electrons. The minimum atomic E-state index is -1.52. The summed E-state index contributed by atoms with van der Waals surface area (Å²) in [5.41, 5.74) is -0.429. The van der Waals surface area contributed by atoms with Gasteiger partial charge in [-0.25, -0.2) is 9.59 Å². The van der Waals surface area contributed by atoms with Crippen LogP contribution in [0, 0.1) is 0 Å². The van der Waals surface area contributed by atoms with Crippen LogP contribution in [-0.4, -0.2) is 38.0 Å². The Morgan fingerprint density at radius 1 is 0.846 bits per heavy atom. The van der Waals surface area contributed by atoms with Gasteiger partial charge in [0.2, 0.25) is 0 Å². The van der Waals surface area contributed by atoms with Crippen molar-refractivity contribution in [2.75, 3.05) is 19.5 Å². The van der Waals surface area contributed by atoms with Crippen LogP contribution in [0.15, 0.2) is 42.5 Å². The van der Waals surface area contributed by atoms with Gasteiger partial charge >= 0.3 is 11.9 Å². The summed E-state index contributed by atoms with van der Waals surface area (Å²) in [7, 11) is 2.35. The van der Waals surface area contributed by atoms with Gasteiger partial charge in [0.25, 0.3) is 5.91 Å². The van der Waals surface area contributed by atoms with Crippen LogP contribution in [0.25, 0.3) is 0 Å². The van der Waals surface area contributed by atoms with Crippen LogP contribution in [0.1, 0.15) is 41.4 Å². The quantitative estimate of drug-likeness (QED) is 0.789. The number of rotatable bonds is 5. The molecule has 26 heavy (non-hydrogen) atoms. The normalized spacial score (nSPS) is 9.92. The first-order valence-corrected chi connectivity index (χ1v) is 7.31. The Labute approximate surface area is 148 Å². The Bertz CT molecular complexity index is 889. The van der Waals surface area contributed by atoms with E-state index in [-0.39, 0.29) is 27.9 Å². The van der Waals surface area contributed by atoms with Crippen molar-refractivity contribution in [3.05, 3.63) is 64.7 Å². The summed E-state index contributed by atoms with van der Waals surface area (Å²) in [5, 5.41) is 13.6. The largest absolute Gasteiger partial charge is 0.545 e. The zero-order valence-corrected chi connectivity index (χ0v) is 13.9. The van der Waals surface area contributed by atoms with Gasteiger partial charge in [-0.15, -0.1) is 0 Å². The number of nitrogens with one attached hydrogen (secondary N) is 1. The molecule has 0 atom stereocenters. The molecule has 8 heteroatoms. The molecule has 2 aromatic carbocycles. The highest BCUT2D eigenvalue weighted by Gasteiger charge is 2.19. The number of anilines is 1. The van der Waals surface area contributed by atoms with E-state index in [1.165, 1.54) is 49.6 Å². The number of hydrogen-bond donors (Lipinski definition) is 1. The van der Waals surface area contributed by atoms with Crippen LogP contribution in [0.4, 0.5) is 5.69 Å². The molecule has 0 aliphatic rings. The molecule has 0 fully saturated rings. The molecular weight excluding hydrogens is 342 g/mol. The number of carbonyl (C=O) groups excluding carboxylic acids is 4. The van der Waals surface area contributed by atoms with Crippen molar-refractivity contribution in [1.29, 1.82) is 0 Å². The first-order valence-electron chi connectivity index (χ1n) is 7.31. The molecule has 0 saturated heterocycles. The first kappa shape index (κ1) is 18.7. The number of aromatic carboxylic acids is 1. The summed E-state index contributed by atoms with van der Waals surface area (Å²) in [6.45, 7) is 0. The van der Waals surface area contributed by atoms with E-state index in [1.807, 2.05) is 0 Å². The summed E-state index contributed by atoms with van der Waals surface area (Å²) in [5.74, 6) is -3.74. The topological polar surface area (TPSA) is 122 Å². The molecular formula is C18H14NO7-. The van der Waals surface area contributed by atoms with Crippen molar-refractivity contribution in [3.63, 3.8) is 0 Å². The van der Waals surface area contributed by atoms with Crippen molar-refractivity contribution in [1.82, 2.24) is 0 Å². The Morgan fingerprint density at radius 2 is 1.46 bits per heavy atom. The van der Waals surface area contributed by atoms with Crippen LogP contribution in [0.5, 0.6) is 0 Å². The lowest BCUT2D eigenvalue weighted by molar-refractivity contribution is -0.255. The number of amides is 1. The van der Waals surface area contributed by atoms with Crippen molar-refractivity contribution in [3.8, 4) is 0 Å². The van der Waals surface area contributed by atoms with Crippen molar-refractivity contribution >= 4 is 29.5 Å². The Hall–Kier alpha value is -3.68. The summed E-state index contributed by atoms with van der Waals surface area (Å²) >= 11 is 0. The van der Waals surface area contributed by atoms with E-state index in [9.17, 15) is 24.3 Å². The number of carbonyl (C=O) groups is 4. The fourth-order valence-corrected chi connectivity index (χ4v) is 2.23. The molecule has 0 spiro atoms. The summed E-state index contributed by atoms with van der Waals surface area (Å²) < 4.78 is 9.25. The fourth-order valence-electron chi connectivity index (χ4n) is 2.23. The molecule has 2 rings (SSSR count). The highest BCUT2D eigenvalue weighted by molar-refractivity contribution is 6.12. The Balaban J connectivity index is 2.47. The van der Waals surface area contributed by atoms with E-state index in [1.54, 1.807) is 0 Å². The van der Waals surface area contributed by atoms with Crippen molar-refractivity contribution in [2.24, 2.45) is 0 Å². The summed E-state index contributed by atoms with van der Waals surface area (Å²) in [4.78, 5) is 47.2. The van der Waals surface area contributed by atoms with Gasteiger partial charge in [-0.3, -0.25) is 4.79 Å². The number of carboxylic acid groups (broad SMARTS) is 1. The second-order valence-corrected chi connectivity index (χ2v) is 5.03. The third-order valence-corrected chi connectivity index (χ3v) is 3.49. The Morgan fingerprint density at radius 3 is 2.04 bits per heavy atom. The van der Waals surface area contributed by atoms with Crippen molar-refractivity contribution in [2.45, 2.75) is 0 Å². The average molecular weight is 356 g/mol. The van der Waals surface area contributed by atoms with Gasteiger partial charge in [-0.2, -0.15) is 0 Å². The van der Waals surface area contributed by atoms with E-state index in [0.717, 1.165) is 7.11 Å². The van der Waals surface area contributed by atoms with Crippen LogP contribution < -0.4 is 10.4 Å². The van der Waals surface area contributed by atoms with Gasteiger partial charge < -0.3 is 24.7 Å². The average Bonchev–Trinajstić information content (AvgIpc) is 2.66. The fraction of sp³-hybridized carbons (Fsp3) is 0.111. The maximum Gasteiger partial charge on any atom is 0.339 e. The van der Waals surface area contributed by atoms with Gasteiger partial charge in [0.05, 0.1) is 37.0 Å². The van der Waals surface area contributed by atoms with Gasteiger partial charge in [-0.05, 0) is 24.3 Å². The zero-order chi connectivity index (χ0) is 19.3. The van der Waals surface area contributed by atoms with Gasteiger partial charge in [0.1, 0.15) is 0 Å². The number of benzene rings is 2. The molecule has 0 heterocycles. The number of esters is 2. The van der Waals surface area contributed by atoms with Crippen molar-refractivity contribution < 1.29 is 33.8 Å². The van der Waals surface area contributed by atoms with Gasteiger partial charge in [0.15, 0.2) is 0 Å². The second kappa shape index (κ2) is 7.93. The Kier molecular flexibility index (Phi) is 5.69. The molecule has 134 valence electrons. The molecule has 1 N–H and O–H groups in total. The monoisotopic (exact) mass is 356 g/mol. The minimum absolute atomic E-state index is 0.0144. The highest BCUT2D eigenvalue weighted by atomic mass is 16.5. The summed E-state index contributed by atoms with van der Waals surface area (Å²) in [6.07, 6.45) is 0. The highest BCUT2D eigenvalue weighted by Crippen LogP contribution is 2.21. The summed E-state index contributed by atoms with van der Waals surface area (Å²) in [6, 6.07) is 9.30. The molecule has 0 aliphatic heterocycles. The van der Waals surface area contributed by atoms with E-state index in [0.29, 0.717) is 0 Å². The van der Waals surface area contributed by atoms with Crippen LogP contribution in [-0.2, 0) is 9.47 Å². The van der Waals surface area contributed by atoms with Gasteiger partial charge in [0, 0.05) is 11.1 Å². The van der Waals surface area contributed by atoms with Crippen LogP contribution >= 0.6 is 0 Å². The third kappa shape index (κ3) is 3.86. The molecule has 0 saturated carbocycles. The van der Waals surface area contributed by atoms with E-state index in [2.05, 4.69) is 14.8 Å². The number of carboxylic acids is 1. The smallest absolute Gasteiger partial charge is 0.339 e. The third-order valence-electron chi connectivity index (χ3n) is 3.49. The molecule has 0 aromatic heterocycles. The molecule has 2 aromatic rings. The maximum absolute atomic E-state index is 12.5. The molecule has 0 bridgehead atoms. The number of hydrogen-bond acceptors (Lipinski definition) is 7. The minimum Gasteiger partial charge on any atom is -0.545 e. The van der Waals surface area contributed by atoms with Crippen LogP contribution in [0.3, 0.4) is 0 Å². The lowest BCUT2D eigenvalue weighted by Crippen LogP contribution is -2.26. The van der Waals surface area contributed by atoms with E-state index in [4.69, 9.17) is 0 Å². The number of methoxy groups -OCH3 is 2. The van der Waals surface area contributed by atoms with Gasteiger partial charge in [-0.1, -0.05) is 18.2 Å². The lowest BCUT2D eigenvalue weighted by Gasteiger charge is -2.13. The second-order valence-electron chi connectivity index (χ2n) is 5.03. The number of ether oxygens (including phenoxy) is 2.